The van der Waals surface area contributed by atoms with Gasteiger partial charge in [-0.15, -0.1) is 11.3 Å². The lowest BCUT2D eigenvalue weighted by Crippen LogP contribution is -2.43. The standard InChI is InChI=1S/C18H19F2N3O2S/c1-2-21-18(24)23(10-12-5-6-13(19)8-15(12)20)11-14-9-16(22-25-14)17-4-3-7-26-17/h3-8,14H,2,9-11H2,1H3,(H,21,24)/t14-/m0/s1. The minimum absolute atomic E-state index is 0.0200. The van der Waals surface area contributed by atoms with Crippen LogP contribution in [0.25, 0.3) is 0 Å². The van der Waals surface area contributed by atoms with E-state index in [1.807, 2.05) is 17.5 Å². The van der Waals surface area contributed by atoms with E-state index in [4.69, 9.17) is 4.84 Å². The quantitative estimate of drug-likeness (QED) is 0.831. The van der Waals surface area contributed by atoms with Crippen molar-refractivity contribution in [3.8, 4) is 0 Å². The van der Waals surface area contributed by atoms with Gasteiger partial charge in [-0.2, -0.15) is 0 Å². The third kappa shape index (κ3) is 4.37. The van der Waals surface area contributed by atoms with Crippen LogP contribution in [0.4, 0.5) is 13.6 Å². The van der Waals surface area contributed by atoms with E-state index in [0.29, 0.717) is 13.0 Å². The second-order valence-electron chi connectivity index (χ2n) is 5.90. The van der Waals surface area contributed by atoms with Gasteiger partial charge >= 0.3 is 6.03 Å². The Bertz CT molecular complexity index is 796. The highest BCUT2D eigenvalue weighted by Crippen LogP contribution is 2.22. The second kappa shape index (κ2) is 8.27. The number of urea groups is 1. The maximum atomic E-state index is 14.0. The van der Waals surface area contributed by atoms with Crippen molar-refractivity contribution < 1.29 is 18.4 Å². The number of halogens is 2. The first-order valence-corrected chi connectivity index (χ1v) is 9.18. The molecule has 3 rings (SSSR count). The smallest absolute Gasteiger partial charge is 0.317 e. The number of nitrogens with one attached hydrogen (secondary N) is 1. The first-order valence-electron chi connectivity index (χ1n) is 8.30. The summed E-state index contributed by atoms with van der Waals surface area (Å²) in [5.41, 5.74) is 1.09. The van der Waals surface area contributed by atoms with Gasteiger partial charge in [-0.25, -0.2) is 13.6 Å². The summed E-state index contributed by atoms with van der Waals surface area (Å²) in [5, 5.41) is 8.77. The third-order valence-corrected chi connectivity index (χ3v) is 4.87. The van der Waals surface area contributed by atoms with Crippen molar-refractivity contribution in [2.75, 3.05) is 13.1 Å². The molecule has 1 aliphatic rings. The zero-order chi connectivity index (χ0) is 18.5. The Morgan fingerprint density at radius 1 is 1.42 bits per heavy atom. The van der Waals surface area contributed by atoms with Crippen LogP contribution in [-0.2, 0) is 11.4 Å². The number of benzene rings is 1. The Hall–Kier alpha value is -2.48. The lowest BCUT2D eigenvalue weighted by molar-refractivity contribution is 0.0588. The highest BCUT2D eigenvalue weighted by atomic mass is 32.1. The lowest BCUT2D eigenvalue weighted by atomic mass is 10.1. The van der Waals surface area contributed by atoms with E-state index in [2.05, 4.69) is 10.5 Å². The van der Waals surface area contributed by atoms with Crippen molar-refractivity contribution in [1.82, 2.24) is 10.2 Å². The van der Waals surface area contributed by atoms with Crippen LogP contribution in [0.2, 0.25) is 0 Å². The molecule has 2 heterocycles. The summed E-state index contributed by atoms with van der Waals surface area (Å²) < 4.78 is 27.1. The Labute approximate surface area is 154 Å². The zero-order valence-electron chi connectivity index (χ0n) is 14.2. The van der Waals surface area contributed by atoms with Gasteiger partial charge in [-0.1, -0.05) is 17.3 Å². The van der Waals surface area contributed by atoms with E-state index in [-0.39, 0.29) is 30.8 Å². The molecule has 0 radical (unpaired) electrons. The first-order chi connectivity index (χ1) is 12.6. The van der Waals surface area contributed by atoms with Gasteiger partial charge in [-0.3, -0.25) is 0 Å². The minimum Gasteiger partial charge on any atom is -0.390 e. The summed E-state index contributed by atoms with van der Waals surface area (Å²) in [7, 11) is 0. The molecule has 0 spiro atoms. The van der Waals surface area contributed by atoms with Crippen molar-refractivity contribution >= 4 is 23.1 Å². The number of rotatable bonds is 6. The number of amides is 2. The van der Waals surface area contributed by atoms with Gasteiger partial charge in [0.15, 0.2) is 6.10 Å². The fourth-order valence-electron chi connectivity index (χ4n) is 2.70. The predicted molar refractivity (Wildman–Crippen MR) is 96.2 cm³/mol. The maximum Gasteiger partial charge on any atom is 0.317 e. The van der Waals surface area contributed by atoms with Crippen molar-refractivity contribution in [2.24, 2.45) is 5.16 Å². The predicted octanol–water partition coefficient (Wildman–Crippen LogP) is 3.75. The molecule has 0 unspecified atom stereocenters. The van der Waals surface area contributed by atoms with E-state index in [0.717, 1.165) is 16.7 Å². The van der Waals surface area contributed by atoms with Gasteiger partial charge < -0.3 is 15.1 Å². The van der Waals surface area contributed by atoms with Gasteiger partial charge in [0.2, 0.25) is 0 Å². The molecule has 0 fully saturated rings. The summed E-state index contributed by atoms with van der Waals surface area (Å²) in [6.07, 6.45) is 0.265. The van der Waals surface area contributed by atoms with Crippen LogP contribution < -0.4 is 5.32 Å². The van der Waals surface area contributed by atoms with Gasteiger partial charge in [0, 0.05) is 24.6 Å². The van der Waals surface area contributed by atoms with E-state index >= 15 is 0 Å². The van der Waals surface area contributed by atoms with Gasteiger partial charge in [0.1, 0.15) is 17.3 Å². The van der Waals surface area contributed by atoms with E-state index in [1.54, 1.807) is 18.3 Å². The van der Waals surface area contributed by atoms with Gasteiger partial charge in [-0.05, 0) is 24.4 Å². The molecule has 138 valence electrons. The number of carbonyl (C=O) groups is 1. The molecule has 26 heavy (non-hydrogen) atoms. The summed E-state index contributed by atoms with van der Waals surface area (Å²) in [4.78, 5) is 20.3. The maximum absolute atomic E-state index is 14.0. The van der Waals surface area contributed by atoms with Gasteiger partial charge in [0.25, 0.3) is 0 Å². The molecular weight excluding hydrogens is 360 g/mol. The molecule has 2 aromatic rings. The molecule has 2 amide bonds. The Kier molecular flexibility index (Phi) is 5.82. The highest BCUT2D eigenvalue weighted by Gasteiger charge is 2.27. The Morgan fingerprint density at radius 2 is 2.27 bits per heavy atom. The summed E-state index contributed by atoms with van der Waals surface area (Å²) in [6, 6.07) is 6.91. The van der Waals surface area contributed by atoms with Crippen LogP contribution in [0.1, 0.15) is 23.8 Å². The number of hydrogen-bond donors (Lipinski definition) is 1. The number of carbonyl (C=O) groups excluding carboxylic acids is 1. The number of nitrogens with zero attached hydrogens (tertiary/aromatic N) is 2. The van der Waals surface area contributed by atoms with E-state index in [1.165, 1.54) is 17.0 Å². The molecule has 1 aromatic carbocycles. The Morgan fingerprint density at radius 3 is 2.96 bits per heavy atom. The monoisotopic (exact) mass is 379 g/mol. The molecule has 0 saturated heterocycles. The fraction of sp³-hybridized carbons (Fsp3) is 0.333. The topological polar surface area (TPSA) is 53.9 Å². The van der Waals surface area contributed by atoms with Crippen LogP contribution in [0.3, 0.4) is 0 Å². The fourth-order valence-corrected chi connectivity index (χ4v) is 3.42. The molecular formula is C18H19F2N3O2S. The number of oxime groups is 1. The normalized spacial score (nSPS) is 16.1. The highest BCUT2D eigenvalue weighted by molar-refractivity contribution is 7.12. The van der Waals surface area contributed by atoms with Crippen molar-refractivity contribution in [3.05, 3.63) is 57.8 Å². The molecule has 1 N–H and O–H groups in total. The summed E-state index contributed by atoms with van der Waals surface area (Å²) >= 11 is 1.57. The van der Waals surface area contributed by atoms with E-state index in [9.17, 15) is 13.6 Å². The molecule has 1 aliphatic heterocycles. The number of thiophene rings is 1. The average Bonchev–Trinajstić information content (AvgIpc) is 3.28. The first kappa shape index (κ1) is 18.3. The van der Waals surface area contributed by atoms with Crippen molar-refractivity contribution in [1.29, 1.82) is 0 Å². The van der Waals surface area contributed by atoms with Crippen LogP contribution in [0, 0.1) is 11.6 Å². The largest absolute Gasteiger partial charge is 0.390 e. The Balaban J connectivity index is 1.68. The van der Waals surface area contributed by atoms with E-state index < -0.39 is 11.6 Å². The SMILES string of the molecule is CCNC(=O)N(Cc1ccc(F)cc1F)C[C@@H]1CC(c2cccs2)=NO1. The van der Waals surface area contributed by atoms with Crippen molar-refractivity contribution in [3.63, 3.8) is 0 Å². The molecule has 1 aromatic heterocycles. The summed E-state index contributed by atoms with van der Waals surface area (Å²) in [6.45, 7) is 2.52. The number of hydrogen-bond acceptors (Lipinski definition) is 4. The van der Waals surface area contributed by atoms with Gasteiger partial charge in [0.05, 0.1) is 18.0 Å². The third-order valence-electron chi connectivity index (χ3n) is 3.95. The second-order valence-corrected chi connectivity index (χ2v) is 6.85. The summed E-state index contributed by atoms with van der Waals surface area (Å²) in [5.74, 6) is -1.33. The molecule has 1 atom stereocenters. The lowest BCUT2D eigenvalue weighted by Gasteiger charge is -2.25. The minimum atomic E-state index is -0.679. The van der Waals surface area contributed by atoms with Crippen LogP contribution in [0.15, 0.2) is 40.9 Å². The molecule has 0 aliphatic carbocycles. The average molecular weight is 379 g/mol. The van der Waals surface area contributed by atoms with Crippen molar-refractivity contribution in [2.45, 2.75) is 26.0 Å². The van der Waals surface area contributed by atoms with Crippen LogP contribution in [-0.4, -0.2) is 35.8 Å². The molecule has 0 saturated carbocycles. The van der Waals surface area contributed by atoms with Crippen LogP contribution in [0.5, 0.6) is 0 Å². The molecule has 8 heteroatoms. The molecule has 5 nitrogen and oxygen atoms in total. The molecule has 0 bridgehead atoms. The zero-order valence-corrected chi connectivity index (χ0v) is 15.1. The van der Waals surface area contributed by atoms with Crippen LogP contribution >= 0.6 is 11.3 Å².